The summed E-state index contributed by atoms with van der Waals surface area (Å²) in [5.41, 5.74) is 0.428. The molecule has 0 saturated heterocycles. The van der Waals surface area contributed by atoms with E-state index in [1.54, 1.807) is 33.2 Å². The fourth-order valence-electron chi connectivity index (χ4n) is 1.97. The fraction of sp³-hybridized carbons (Fsp3) is 0.333. The number of aromatic nitrogens is 2. The van der Waals surface area contributed by atoms with Crippen LogP contribution in [0, 0.1) is 0 Å². The summed E-state index contributed by atoms with van der Waals surface area (Å²) in [6.45, 7) is 1.58. The van der Waals surface area contributed by atoms with Crippen molar-refractivity contribution in [2.45, 2.75) is 13.0 Å². The summed E-state index contributed by atoms with van der Waals surface area (Å²) in [6.07, 6.45) is 1.08. The van der Waals surface area contributed by atoms with Gasteiger partial charge < -0.3 is 19.9 Å². The van der Waals surface area contributed by atoms with Gasteiger partial charge in [0.25, 0.3) is 5.91 Å². The number of hydrogen-bond acceptors (Lipinski definition) is 5. The van der Waals surface area contributed by atoms with E-state index in [0.29, 0.717) is 31.8 Å². The first-order valence-corrected chi connectivity index (χ1v) is 8.59. The second-order valence-electron chi connectivity index (χ2n) is 5.02. The summed E-state index contributed by atoms with van der Waals surface area (Å²) in [4.78, 5) is 12.5. The molecule has 0 unspecified atom stereocenters. The first-order valence-electron chi connectivity index (χ1n) is 7.01. The van der Waals surface area contributed by atoms with Crippen LogP contribution in [0.15, 0.2) is 27.3 Å². The number of nitrogens with zero attached hydrogens (tertiary/aromatic N) is 2. The minimum absolute atomic E-state index is 0.138. The third-order valence-electron chi connectivity index (χ3n) is 3.19. The second-order valence-corrected chi connectivity index (χ2v) is 6.73. The third-order valence-corrected chi connectivity index (χ3v) is 4.37. The largest absolute Gasteiger partial charge is 0.494 e. The maximum absolute atomic E-state index is 12.5. The lowest BCUT2D eigenvalue weighted by Gasteiger charge is -2.14. The molecule has 2 aromatic rings. The summed E-state index contributed by atoms with van der Waals surface area (Å²) in [7, 11) is 3.23. The molecule has 0 bridgehead atoms. The number of halogens is 2. The van der Waals surface area contributed by atoms with Gasteiger partial charge in [-0.3, -0.25) is 4.79 Å². The van der Waals surface area contributed by atoms with Gasteiger partial charge in [0.2, 0.25) is 0 Å². The van der Waals surface area contributed by atoms with Gasteiger partial charge in [-0.25, -0.2) is 4.68 Å². The van der Waals surface area contributed by atoms with Crippen molar-refractivity contribution in [1.29, 1.82) is 0 Å². The number of methoxy groups -OCH3 is 1. The Morgan fingerprint density at radius 3 is 2.58 bits per heavy atom. The number of carbonyl (C=O) groups is 1. The molecule has 0 aliphatic carbocycles. The van der Waals surface area contributed by atoms with Crippen molar-refractivity contribution in [2.24, 2.45) is 7.05 Å². The quantitative estimate of drug-likeness (QED) is 0.689. The van der Waals surface area contributed by atoms with E-state index >= 15 is 0 Å². The van der Waals surface area contributed by atoms with E-state index in [1.165, 1.54) is 10.9 Å². The highest BCUT2D eigenvalue weighted by Gasteiger charge is 2.18. The highest BCUT2D eigenvalue weighted by molar-refractivity contribution is 9.11. The second kappa shape index (κ2) is 8.00. The molecular formula is C15H17Br2N3O4. The number of amides is 1. The molecule has 0 spiro atoms. The number of benzene rings is 1. The number of ether oxygens (including phenoxy) is 2. The van der Waals surface area contributed by atoms with Crippen LogP contribution in [0.3, 0.4) is 0 Å². The molecule has 1 heterocycles. The van der Waals surface area contributed by atoms with E-state index in [9.17, 15) is 4.79 Å². The van der Waals surface area contributed by atoms with Crippen molar-refractivity contribution < 1.29 is 19.4 Å². The van der Waals surface area contributed by atoms with Crippen molar-refractivity contribution in [3.63, 3.8) is 0 Å². The topological polar surface area (TPSA) is 85.6 Å². The highest BCUT2D eigenvalue weighted by Crippen LogP contribution is 2.35. The van der Waals surface area contributed by atoms with Crippen LogP contribution in [0.4, 0.5) is 5.82 Å². The summed E-state index contributed by atoms with van der Waals surface area (Å²) in [5, 5.41) is 15.9. The molecule has 9 heteroatoms. The number of aryl methyl sites for hydroxylation is 1. The Morgan fingerprint density at radius 2 is 2.04 bits per heavy atom. The summed E-state index contributed by atoms with van der Waals surface area (Å²) >= 11 is 6.74. The van der Waals surface area contributed by atoms with Crippen molar-refractivity contribution in [1.82, 2.24) is 9.78 Å². The minimum Gasteiger partial charge on any atom is -0.494 e. The molecule has 1 aromatic heterocycles. The number of hydrogen-bond donors (Lipinski definition) is 2. The maximum atomic E-state index is 12.5. The maximum Gasteiger partial charge on any atom is 0.256 e. The Labute approximate surface area is 156 Å². The summed E-state index contributed by atoms with van der Waals surface area (Å²) < 4.78 is 13.6. The molecule has 0 aliphatic heterocycles. The molecule has 130 valence electrons. The molecule has 0 aliphatic rings. The van der Waals surface area contributed by atoms with Crippen molar-refractivity contribution >= 4 is 43.6 Å². The molecular weight excluding hydrogens is 446 g/mol. The van der Waals surface area contributed by atoms with Gasteiger partial charge in [0.05, 0.1) is 28.9 Å². The first kappa shape index (κ1) is 18.8. The molecule has 0 saturated carbocycles. The Hall–Kier alpha value is -1.58. The molecule has 1 atom stereocenters. The number of aliphatic hydroxyl groups is 1. The molecule has 24 heavy (non-hydrogen) atoms. The predicted octanol–water partition coefficient (Wildman–Crippen LogP) is 2.97. The normalized spacial score (nSPS) is 11.9. The van der Waals surface area contributed by atoms with Gasteiger partial charge in [-0.05, 0) is 50.9 Å². The van der Waals surface area contributed by atoms with Crippen molar-refractivity contribution in [3.8, 4) is 11.5 Å². The standard InChI is InChI=1S/C15H17Br2N3O4/c1-8(7-21)24-12-6-18-20(2)14(12)19-15(22)9-4-10(16)13(23-3)11(17)5-9/h4-6,8,21H,7H2,1-3H3,(H,19,22)/t8-/m1/s1. The Bertz CT molecular complexity index is 725. The van der Waals surface area contributed by atoms with Crippen LogP contribution >= 0.6 is 31.9 Å². The highest BCUT2D eigenvalue weighted by atomic mass is 79.9. The fourth-order valence-corrected chi connectivity index (χ4v) is 3.48. The molecule has 1 amide bonds. The zero-order valence-electron chi connectivity index (χ0n) is 13.3. The average molecular weight is 463 g/mol. The Morgan fingerprint density at radius 1 is 1.42 bits per heavy atom. The van der Waals surface area contributed by atoms with Crippen molar-refractivity contribution in [2.75, 3.05) is 19.0 Å². The van der Waals surface area contributed by atoms with Crippen molar-refractivity contribution in [3.05, 3.63) is 32.8 Å². The van der Waals surface area contributed by atoms with Gasteiger partial charge in [-0.15, -0.1) is 0 Å². The van der Waals surface area contributed by atoms with E-state index in [0.717, 1.165) is 0 Å². The van der Waals surface area contributed by atoms with Crippen LogP contribution in [-0.4, -0.2) is 40.6 Å². The van der Waals surface area contributed by atoms with E-state index < -0.39 is 6.10 Å². The zero-order valence-corrected chi connectivity index (χ0v) is 16.5. The Kier molecular flexibility index (Phi) is 6.25. The predicted molar refractivity (Wildman–Crippen MR) is 96.7 cm³/mol. The molecule has 0 fully saturated rings. The monoisotopic (exact) mass is 461 g/mol. The smallest absolute Gasteiger partial charge is 0.256 e. The number of nitrogens with one attached hydrogen (secondary N) is 1. The lowest BCUT2D eigenvalue weighted by molar-refractivity contribution is 0.102. The van der Waals surface area contributed by atoms with Crippen LogP contribution in [0.2, 0.25) is 0 Å². The van der Waals surface area contributed by atoms with Gasteiger partial charge in [0.15, 0.2) is 11.6 Å². The summed E-state index contributed by atoms with van der Waals surface area (Å²) in [5.74, 6) is 1.07. The molecule has 7 nitrogen and oxygen atoms in total. The first-order chi connectivity index (χ1) is 11.4. The van der Waals surface area contributed by atoms with Gasteiger partial charge in [0, 0.05) is 12.6 Å². The average Bonchev–Trinajstić information content (AvgIpc) is 2.87. The molecule has 0 radical (unpaired) electrons. The van der Waals surface area contributed by atoms with E-state index in [1.807, 2.05) is 0 Å². The van der Waals surface area contributed by atoms with Gasteiger partial charge >= 0.3 is 0 Å². The number of carbonyl (C=O) groups excluding carboxylic acids is 1. The SMILES string of the molecule is COc1c(Br)cc(C(=O)Nc2c(O[C@H](C)CO)cnn2C)cc1Br. The lowest BCUT2D eigenvalue weighted by atomic mass is 10.2. The third kappa shape index (κ3) is 4.08. The van der Waals surface area contributed by atoms with E-state index in [4.69, 9.17) is 14.6 Å². The van der Waals surface area contributed by atoms with E-state index in [2.05, 4.69) is 42.3 Å². The number of anilines is 1. The Balaban J connectivity index is 2.26. The van der Waals surface area contributed by atoms with Crippen LogP contribution < -0.4 is 14.8 Å². The lowest BCUT2D eigenvalue weighted by Crippen LogP contribution is -2.19. The molecule has 1 aromatic carbocycles. The number of rotatable bonds is 6. The molecule has 2 rings (SSSR count). The van der Waals surface area contributed by atoms with E-state index in [-0.39, 0.29) is 12.5 Å². The molecule has 2 N–H and O–H groups in total. The zero-order chi connectivity index (χ0) is 17.9. The summed E-state index contributed by atoms with van der Waals surface area (Å²) in [6, 6.07) is 3.32. The van der Waals surface area contributed by atoms with Crippen LogP contribution in [0.1, 0.15) is 17.3 Å². The minimum atomic E-state index is -0.408. The number of aliphatic hydroxyl groups excluding tert-OH is 1. The van der Waals surface area contributed by atoms with Gasteiger partial charge in [-0.1, -0.05) is 0 Å². The van der Waals surface area contributed by atoms with Crippen LogP contribution in [0.25, 0.3) is 0 Å². The van der Waals surface area contributed by atoms with Crippen LogP contribution in [-0.2, 0) is 7.05 Å². The van der Waals surface area contributed by atoms with Gasteiger partial charge in [-0.2, -0.15) is 5.10 Å². The van der Waals surface area contributed by atoms with Gasteiger partial charge in [0.1, 0.15) is 11.9 Å². The van der Waals surface area contributed by atoms with Crippen LogP contribution in [0.5, 0.6) is 11.5 Å².